The van der Waals surface area contributed by atoms with E-state index < -0.39 is 32.0 Å². The van der Waals surface area contributed by atoms with Crippen molar-refractivity contribution in [3.63, 3.8) is 0 Å². The number of nitro groups is 2. The molecule has 1 N–H and O–H groups in total. The largest absolute Gasteiger partial charge is 0.469 e. The second-order valence-corrected chi connectivity index (χ2v) is 18.4. The van der Waals surface area contributed by atoms with Crippen LogP contribution in [0.4, 0.5) is 11.4 Å². The van der Waals surface area contributed by atoms with Gasteiger partial charge in [0.1, 0.15) is 23.7 Å². The minimum absolute atomic E-state index is 0.00899. The molecule has 0 saturated heterocycles. The number of fused-ring (bicyclic) bond motifs is 6. The molecule has 73 heavy (non-hydrogen) atoms. The molecule has 22 heteroatoms. The number of rotatable bonds is 11. The van der Waals surface area contributed by atoms with Gasteiger partial charge in [-0.2, -0.15) is 8.42 Å². The lowest BCUT2D eigenvalue weighted by Gasteiger charge is -2.15. The number of esters is 2. The molecule has 0 amide bonds. The Morgan fingerprint density at radius 2 is 1.04 bits per heavy atom. The Morgan fingerprint density at radius 1 is 0.630 bits per heavy atom. The van der Waals surface area contributed by atoms with Gasteiger partial charge in [-0.1, -0.05) is 29.8 Å². The van der Waals surface area contributed by atoms with E-state index >= 15 is 0 Å². The van der Waals surface area contributed by atoms with E-state index in [9.17, 15) is 38.2 Å². The highest BCUT2D eigenvalue weighted by Crippen LogP contribution is 2.38. The zero-order valence-corrected chi connectivity index (χ0v) is 41.6. The maximum atomic E-state index is 11.8. The number of hydrogen-bond donors (Lipinski definition) is 1. The van der Waals surface area contributed by atoms with Crippen molar-refractivity contribution in [2.75, 3.05) is 14.2 Å². The molecular formula is C51H50N10O11S. The zero-order chi connectivity index (χ0) is 52.7. The molecule has 2 aliphatic heterocycles. The van der Waals surface area contributed by atoms with Crippen molar-refractivity contribution < 1.29 is 41.9 Å². The molecule has 0 radical (unpaired) electrons. The van der Waals surface area contributed by atoms with Crippen LogP contribution in [0.2, 0.25) is 0 Å². The lowest BCUT2D eigenvalue weighted by molar-refractivity contribution is -0.385. The first kappa shape index (κ1) is 52.2. The topological polar surface area (TPSA) is 279 Å². The summed E-state index contributed by atoms with van der Waals surface area (Å²) < 4.78 is 43.0. The van der Waals surface area contributed by atoms with Gasteiger partial charge in [-0.15, -0.1) is 0 Å². The summed E-state index contributed by atoms with van der Waals surface area (Å²) in [6, 6.07) is 22.6. The van der Waals surface area contributed by atoms with Crippen LogP contribution in [0.1, 0.15) is 100 Å². The lowest BCUT2D eigenvalue weighted by atomic mass is 10.0. The number of nitro benzene ring substituents is 2. The maximum absolute atomic E-state index is 11.8. The van der Waals surface area contributed by atoms with Gasteiger partial charge in [0.25, 0.3) is 21.5 Å². The van der Waals surface area contributed by atoms with Crippen LogP contribution in [0.15, 0.2) is 125 Å². The van der Waals surface area contributed by atoms with E-state index in [1.54, 1.807) is 87.2 Å². The standard InChI is InChI=1S/2C22H21N5O4.C7H8O3S/c2*1-13-10-19-15(11-18(13)27(29)30)21(16-6-4-5-9-23-16)25-17(7-8-20(28)31-3)22-24-12-14(2)26(19)22;1-6-2-4-7(5-3-6)11(8,9)10/h2*4-6,9-12,17H,7-8H2,1-3H3;2-5H,1H3,(H,8,9,10)/t2*17-;/m00./s1. The van der Waals surface area contributed by atoms with Crippen LogP contribution >= 0.6 is 0 Å². The van der Waals surface area contributed by atoms with E-state index in [1.165, 1.54) is 26.4 Å². The monoisotopic (exact) mass is 1010 g/mol. The van der Waals surface area contributed by atoms with Gasteiger partial charge in [-0.3, -0.25) is 63.5 Å². The fourth-order valence-electron chi connectivity index (χ4n) is 8.30. The molecular weight excluding hydrogens is 961 g/mol. The summed E-state index contributed by atoms with van der Waals surface area (Å²) in [6.07, 6.45) is 7.88. The van der Waals surface area contributed by atoms with Crippen molar-refractivity contribution in [3.8, 4) is 11.4 Å². The molecule has 21 nitrogen and oxygen atoms in total. The predicted octanol–water partition coefficient (Wildman–Crippen LogP) is 8.52. The quantitative estimate of drug-likeness (QED) is 0.0550. The van der Waals surface area contributed by atoms with Crippen molar-refractivity contribution in [2.24, 2.45) is 9.98 Å². The summed E-state index contributed by atoms with van der Waals surface area (Å²) in [6.45, 7) is 9.09. The van der Waals surface area contributed by atoms with Crippen molar-refractivity contribution in [2.45, 2.75) is 77.3 Å². The number of carbonyl (C=O) groups is 2. The van der Waals surface area contributed by atoms with Gasteiger partial charge < -0.3 is 9.47 Å². The Morgan fingerprint density at radius 3 is 1.38 bits per heavy atom. The van der Waals surface area contributed by atoms with Gasteiger partial charge in [0.05, 0.1) is 63.1 Å². The number of hydrogen-bond acceptors (Lipinski definition) is 16. The van der Waals surface area contributed by atoms with Crippen molar-refractivity contribution in [3.05, 3.63) is 192 Å². The number of imidazole rings is 2. The van der Waals surface area contributed by atoms with E-state index in [1.807, 2.05) is 54.2 Å². The van der Waals surface area contributed by atoms with E-state index in [2.05, 4.69) is 19.9 Å². The van der Waals surface area contributed by atoms with Crippen LogP contribution in [0.25, 0.3) is 11.4 Å². The average molecular weight is 1010 g/mol. The van der Waals surface area contributed by atoms with E-state index in [0.29, 0.717) is 69.6 Å². The minimum Gasteiger partial charge on any atom is -0.469 e. The molecule has 2 atom stereocenters. The zero-order valence-electron chi connectivity index (χ0n) is 40.8. The number of carbonyl (C=O) groups excluding carboxylic acids is 2. The summed E-state index contributed by atoms with van der Waals surface area (Å²) in [5.74, 6) is 0.666. The highest BCUT2D eigenvalue weighted by molar-refractivity contribution is 7.85. The Bertz CT molecular complexity index is 3220. The van der Waals surface area contributed by atoms with E-state index in [-0.39, 0.29) is 41.1 Å². The first-order valence-corrected chi connectivity index (χ1v) is 24.1. The Labute approximate surface area is 419 Å². The summed E-state index contributed by atoms with van der Waals surface area (Å²) in [5, 5.41) is 23.3. The number of ether oxygens (including phenoxy) is 2. The Kier molecular flexibility index (Phi) is 15.9. The number of aliphatic imine (C=N–C) groups is 2. The average Bonchev–Trinajstić information content (AvgIpc) is 3.87. The highest BCUT2D eigenvalue weighted by atomic mass is 32.2. The van der Waals surface area contributed by atoms with Crippen molar-refractivity contribution >= 4 is 44.9 Å². The molecule has 0 spiro atoms. The van der Waals surface area contributed by atoms with E-state index in [0.717, 1.165) is 28.3 Å². The molecule has 7 aromatic rings. The van der Waals surface area contributed by atoms with Gasteiger partial charge in [0, 0.05) is 83.4 Å². The predicted molar refractivity (Wildman–Crippen MR) is 268 cm³/mol. The summed E-state index contributed by atoms with van der Waals surface area (Å²) >= 11 is 0. The Hall–Kier alpha value is -8.63. The van der Waals surface area contributed by atoms with Gasteiger partial charge in [-0.25, -0.2) is 9.97 Å². The summed E-state index contributed by atoms with van der Waals surface area (Å²) in [5.41, 5.74) is 8.71. The van der Waals surface area contributed by atoms with Crippen LogP contribution < -0.4 is 0 Å². The first-order chi connectivity index (χ1) is 34.8. The third-order valence-electron chi connectivity index (χ3n) is 11.9. The van der Waals surface area contributed by atoms with Crippen molar-refractivity contribution in [1.82, 2.24) is 29.1 Å². The van der Waals surface area contributed by atoms with Gasteiger partial charge in [0.15, 0.2) is 0 Å². The van der Waals surface area contributed by atoms with Crippen LogP contribution in [-0.4, -0.2) is 89.5 Å². The van der Waals surface area contributed by atoms with E-state index in [4.69, 9.17) is 24.0 Å². The summed E-state index contributed by atoms with van der Waals surface area (Å²) in [7, 11) is -1.32. The van der Waals surface area contributed by atoms with Gasteiger partial charge in [0.2, 0.25) is 0 Å². The fourth-order valence-corrected chi connectivity index (χ4v) is 8.78. The molecule has 0 bridgehead atoms. The van der Waals surface area contributed by atoms with Crippen LogP contribution in [-0.2, 0) is 29.2 Å². The molecule has 4 aromatic heterocycles. The van der Waals surface area contributed by atoms with Crippen LogP contribution in [0, 0.1) is 54.8 Å². The number of aromatic nitrogens is 6. The fraction of sp³-hybridized carbons (Fsp3) is 0.255. The number of aryl methyl sites for hydroxylation is 5. The molecule has 3 aromatic carbocycles. The number of benzene rings is 3. The normalized spacial score (nSPS) is 14.3. The molecule has 0 unspecified atom stereocenters. The smallest absolute Gasteiger partial charge is 0.305 e. The number of methoxy groups -OCH3 is 2. The minimum atomic E-state index is -4.02. The molecule has 2 aliphatic rings. The lowest BCUT2D eigenvalue weighted by Crippen LogP contribution is -2.11. The maximum Gasteiger partial charge on any atom is 0.305 e. The Balaban J connectivity index is 0.000000177. The molecule has 0 aliphatic carbocycles. The third-order valence-corrected chi connectivity index (χ3v) is 12.8. The third kappa shape index (κ3) is 11.6. The number of pyridine rings is 2. The van der Waals surface area contributed by atoms with Gasteiger partial charge in [-0.05, 0) is 96.0 Å². The van der Waals surface area contributed by atoms with Gasteiger partial charge >= 0.3 is 11.9 Å². The molecule has 376 valence electrons. The first-order valence-electron chi connectivity index (χ1n) is 22.6. The summed E-state index contributed by atoms with van der Waals surface area (Å²) in [4.78, 5) is 73.9. The molecule has 0 saturated carbocycles. The second-order valence-electron chi connectivity index (χ2n) is 16.9. The van der Waals surface area contributed by atoms with Crippen LogP contribution in [0.3, 0.4) is 0 Å². The number of nitrogens with zero attached hydrogens (tertiary/aromatic N) is 10. The molecule has 6 heterocycles. The van der Waals surface area contributed by atoms with Crippen molar-refractivity contribution in [1.29, 1.82) is 0 Å². The second kappa shape index (κ2) is 22.2. The highest BCUT2D eigenvalue weighted by Gasteiger charge is 2.32. The SMILES string of the molecule is COC(=O)CC[C@@H]1N=C(c2ccccn2)c2cc([N+](=O)[O-])c(C)cc2-n2c(C)cnc21.COC(=O)CC[C@@H]1N=C(c2ccccn2)c2cc([N+](=O)[O-])c(C)cc2-n2c(C)cnc21.Cc1ccc(S(=O)(=O)O)cc1. The molecule has 0 fully saturated rings. The molecule has 9 rings (SSSR count). The van der Waals surface area contributed by atoms with Crippen LogP contribution in [0.5, 0.6) is 0 Å².